The maximum absolute atomic E-state index is 13.0. The van der Waals surface area contributed by atoms with Crippen LogP contribution >= 0.6 is 0 Å². The lowest BCUT2D eigenvalue weighted by molar-refractivity contribution is -0.137. The Balaban J connectivity index is 1.39. The Bertz CT molecular complexity index is 984. The molecule has 2 unspecified atom stereocenters. The van der Waals surface area contributed by atoms with E-state index >= 15 is 0 Å². The number of fused-ring (bicyclic) bond motifs is 2. The van der Waals surface area contributed by atoms with Gasteiger partial charge < -0.3 is 9.80 Å². The van der Waals surface area contributed by atoms with Gasteiger partial charge in [-0.2, -0.15) is 18.3 Å². The van der Waals surface area contributed by atoms with Crippen LogP contribution in [0.2, 0.25) is 0 Å². The molecule has 5 rings (SSSR count). The number of pyridine rings is 1. The second-order valence-electron chi connectivity index (χ2n) is 7.03. The lowest BCUT2D eigenvalue weighted by Crippen LogP contribution is -2.36. The summed E-state index contributed by atoms with van der Waals surface area (Å²) in [6.45, 7) is 2.26. The van der Waals surface area contributed by atoms with E-state index in [4.69, 9.17) is 0 Å². The van der Waals surface area contributed by atoms with E-state index in [0.29, 0.717) is 24.8 Å². The van der Waals surface area contributed by atoms with Crippen LogP contribution in [0, 0.1) is 5.92 Å². The number of halogens is 3. The van der Waals surface area contributed by atoms with Gasteiger partial charge in [-0.25, -0.2) is 14.5 Å². The molecule has 0 radical (unpaired) electrons. The van der Waals surface area contributed by atoms with Crippen molar-refractivity contribution in [1.29, 1.82) is 0 Å². The summed E-state index contributed by atoms with van der Waals surface area (Å²) in [5.74, 6) is 1.66. The van der Waals surface area contributed by atoms with Crippen molar-refractivity contribution >= 4 is 17.3 Å². The lowest BCUT2D eigenvalue weighted by atomic mass is 10.1. The first-order chi connectivity index (χ1) is 13.0. The van der Waals surface area contributed by atoms with Gasteiger partial charge in [-0.1, -0.05) is 0 Å². The normalized spacial score (nSPS) is 22.6. The molecule has 6 nitrogen and oxygen atoms in total. The van der Waals surface area contributed by atoms with E-state index in [1.54, 1.807) is 10.7 Å². The number of rotatable bonds is 2. The minimum atomic E-state index is -4.36. The second kappa shape index (κ2) is 5.83. The van der Waals surface area contributed by atoms with Gasteiger partial charge in [0.25, 0.3) is 0 Å². The standard InChI is InChI=1S/C18H17F3N6/c19-18(20,21)13-1-5-22-17(9-13)25-10-12-3-7-26(14(12)11-25)15-4-8-27-16(24-15)2-6-23-27/h1-2,4-6,8-9,12,14H,3,7,10-11H2. The SMILES string of the molecule is FC(F)(F)c1ccnc(N2CC3CCN(c4ccn5nccc5n4)C3C2)c1. The van der Waals surface area contributed by atoms with Gasteiger partial charge in [-0.15, -0.1) is 0 Å². The average Bonchev–Trinajstić information content (AvgIpc) is 3.35. The zero-order valence-electron chi connectivity index (χ0n) is 14.3. The number of hydrogen-bond acceptors (Lipinski definition) is 5. The van der Waals surface area contributed by atoms with Crippen molar-refractivity contribution in [1.82, 2.24) is 19.6 Å². The van der Waals surface area contributed by atoms with Crippen molar-refractivity contribution in [3.05, 3.63) is 48.4 Å². The number of aromatic nitrogens is 4. The third-order valence-corrected chi connectivity index (χ3v) is 5.48. The molecule has 0 saturated carbocycles. The maximum atomic E-state index is 13.0. The molecular formula is C18H17F3N6. The molecule has 27 heavy (non-hydrogen) atoms. The lowest BCUT2D eigenvalue weighted by Gasteiger charge is -2.26. The van der Waals surface area contributed by atoms with E-state index in [0.717, 1.165) is 36.6 Å². The molecule has 2 aliphatic heterocycles. The molecule has 3 aromatic heterocycles. The van der Waals surface area contributed by atoms with Crippen LogP contribution in [0.1, 0.15) is 12.0 Å². The monoisotopic (exact) mass is 374 g/mol. The summed E-state index contributed by atoms with van der Waals surface area (Å²) in [6, 6.07) is 6.16. The van der Waals surface area contributed by atoms with Gasteiger partial charge in [-0.3, -0.25) is 0 Å². The molecular weight excluding hydrogens is 357 g/mol. The Kier molecular flexibility index (Phi) is 3.53. The Morgan fingerprint density at radius 3 is 2.78 bits per heavy atom. The van der Waals surface area contributed by atoms with Gasteiger partial charge >= 0.3 is 6.18 Å². The van der Waals surface area contributed by atoms with Crippen molar-refractivity contribution in [2.75, 3.05) is 29.4 Å². The van der Waals surface area contributed by atoms with Crippen LogP contribution in [-0.4, -0.2) is 45.3 Å². The van der Waals surface area contributed by atoms with Crippen LogP contribution in [0.5, 0.6) is 0 Å². The third-order valence-electron chi connectivity index (χ3n) is 5.48. The smallest absolute Gasteiger partial charge is 0.354 e. The fraction of sp³-hybridized carbons (Fsp3) is 0.389. The molecule has 2 fully saturated rings. The van der Waals surface area contributed by atoms with E-state index < -0.39 is 11.7 Å². The molecule has 0 spiro atoms. The van der Waals surface area contributed by atoms with Crippen LogP contribution in [0.4, 0.5) is 24.8 Å². The Morgan fingerprint density at radius 1 is 1.04 bits per heavy atom. The summed E-state index contributed by atoms with van der Waals surface area (Å²) < 4.78 is 40.7. The van der Waals surface area contributed by atoms with E-state index in [2.05, 4.69) is 20.0 Å². The first-order valence-electron chi connectivity index (χ1n) is 8.84. The molecule has 0 N–H and O–H groups in total. The fourth-order valence-corrected chi connectivity index (χ4v) is 4.16. The highest BCUT2D eigenvalue weighted by Gasteiger charge is 2.42. The zero-order chi connectivity index (χ0) is 18.6. The highest BCUT2D eigenvalue weighted by atomic mass is 19.4. The van der Waals surface area contributed by atoms with Crippen LogP contribution in [0.3, 0.4) is 0 Å². The number of hydrogen-bond donors (Lipinski definition) is 0. The van der Waals surface area contributed by atoms with E-state index in [9.17, 15) is 13.2 Å². The minimum absolute atomic E-state index is 0.221. The van der Waals surface area contributed by atoms with Gasteiger partial charge in [0, 0.05) is 44.0 Å². The zero-order valence-corrected chi connectivity index (χ0v) is 14.3. The van der Waals surface area contributed by atoms with Gasteiger partial charge in [-0.05, 0) is 24.6 Å². The molecule has 2 saturated heterocycles. The molecule has 140 valence electrons. The summed E-state index contributed by atoms with van der Waals surface area (Å²) in [4.78, 5) is 13.0. The van der Waals surface area contributed by atoms with E-state index in [1.165, 1.54) is 6.20 Å². The second-order valence-corrected chi connectivity index (χ2v) is 7.03. The van der Waals surface area contributed by atoms with Crippen LogP contribution < -0.4 is 9.80 Å². The summed E-state index contributed by atoms with van der Waals surface area (Å²) in [5.41, 5.74) is 0.125. The molecule has 5 heterocycles. The predicted octanol–water partition coefficient (Wildman–Crippen LogP) is 2.86. The molecule has 0 aliphatic carbocycles. The van der Waals surface area contributed by atoms with Crippen LogP contribution in [-0.2, 0) is 6.18 Å². The van der Waals surface area contributed by atoms with E-state index in [-0.39, 0.29) is 6.04 Å². The van der Waals surface area contributed by atoms with Gasteiger partial charge in [0.2, 0.25) is 0 Å². The highest BCUT2D eigenvalue weighted by molar-refractivity contribution is 5.52. The summed E-state index contributed by atoms with van der Waals surface area (Å²) in [6.07, 6.45) is 1.46. The quantitative estimate of drug-likeness (QED) is 0.690. The van der Waals surface area contributed by atoms with Gasteiger partial charge in [0.15, 0.2) is 5.65 Å². The summed E-state index contributed by atoms with van der Waals surface area (Å²) in [5, 5.41) is 4.16. The number of anilines is 2. The third kappa shape index (κ3) is 2.77. The maximum Gasteiger partial charge on any atom is 0.416 e. The first-order valence-corrected chi connectivity index (χ1v) is 8.84. The molecule has 2 aliphatic rings. The Labute approximate surface area is 153 Å². The fourth-order valence-electron chi connectivity index (χ4n) is 4.16. The molecule has 2 atom stereocenters. The Morgan fingerprint density at radius 2 is 1.93 bits per heavy atom. The predicted molar refractivity (Wildman–Crippen MR) is 93.7 cm³/mol. The molecule has 0 bridgehead atoms. The van der Waals surface area contributed by atoms with Gasteiger partial charge in [0.1, 0.15) is 11.6 Å². The molecule has 0 amide bonds. The topological polar surface area (TPSA) is 49.6 Å². The van der Waals surface area contributed by atoms with Crippen molar-refractivity contribution in [3.63, 3.8) is 0 Å². The van der Waals surface area contributed by atoms with Crippen molar-refractivity contribution in [2.45, 2.75) is 18.6 Å². The first kappa shape index (κ1) is 16.3. The van der Waals surface area contributed by atoms with Crippen LogP contribution in [0.15, 0.2) is 42.9 Å². The largest absolute Gasteiger partial charge is 0.416 e. The minimum Gasteiger partial charge on any atom is -0.354 e. The highest BCUT2D eigenvalue weighted by Crippen LogP contribution is 2.37. The number of nitrogens with zero attached hydrogens (tertiary/aromatic N) is 6. The van der Waals surface area contributed by atoms with Gasteiger partial charge in [0.05, 0.1) is 17.8 Å². The molecule has 9 heteroatoms. The summed E-state index contributed by atoms with van der Waals surface area (Å²) >= 11 is 0. The number of alkyl halides is 3. The van der Waals surface area contributed by atoms with Crippen molar-refractivity contribution in [2.24, 2.45) is 5.92 Å². The molecule has 0 aromatic carbocycles. The van der Waals surface area contributed by atoms with E-state index in [1.807, 2.05) is 23.2 Å². The summed E-state index contributed by atoms with van der Waals surface area (Å²) in [7, 11) is 0. The molecule has 3 aromatic rings. The average molecular weight is 374 g/mol. The van der Waals surface area contributed by atoms with Crippen molar-refractivity contribution < 1.29 is 13.2 Å². The van der Waals surface area contributed by atoms with Crippen molar-refractivity contribution in [3.8, 4) is 0 Å². The Hall–Kier alpha value is -2.84. The van der Waals surface area contributed by atoms with Crippen LogP contribution in [0.25, 0.3) is 5.65 Å².